The Morgan fingerprint density at radius 3 is 2.65 bits per heavy atom. The molecule has 0 saturated carbocycles. The van der Waals surface area contributed by atoms with E-state index in [9.17, 15) is 4.79 Å². The van der Waals surface area contributed by atoms with Gasteiger partial charge in [-0.3, -0.25) is 4.79 Å². The van der Waals surface area contributed by atoms with Gasteiger partial charge in [0, 0.05) is 42.4 Å². The Labute approximate surface area is 153 Å². The molecule has 3 aromatic rings. The molecule has 1 N–H and O–H groups in total. The van der Waals surface area contributed by atoms with Crippen molar-refractivity contribution < 1.29 is 4.79 Å². The molecule has 1 aliphatic rings. The number of anilines is 2. The molecule has 0 atom stereocenters. The fourth-order valence-corrected chi connectivity index (χ4v) is 3.40. The van der Waals surface area contributed by atoms with Crippen LogP contribution in [0.4, 0.5) is 11.4 Å². The van der Waals surface area contributed by atoms with Crippen LogP contribution in [0.25, 0.3) is 11.4 Å². The third-order valence-electron chi connectivity index (χ3n) is 4.66. The fourth-order valence-electron chi connectivity index (χ4n) is 3.40. The molecular formula is C21H22N4O. The first kappa shape index (κ1) is 16.4. The molecule has 2 aromatic carbocycles. The monoisotopic (exact) mass is 346 g/mol. The number of benzene rings is 2. The van der Waals surface area contributed by atoms with Crippen LogP contribution >= 0.6 is 0 Å². The van der Waals surface area contributed by atoms with E-state index in [1.165, 1.54) is 18.5 Å². The molecule has 1 amide bonds. The molecule has 5 heteroatoms. The highest BCUT2D eigenvalue weighted by Crippen LogP contribution is 2.23. The number of carbonyl (C=O) groups excluding carboxylic acids is 1. The summed E-state index contributed by atoms with van der Waals surface area (Å²) in [5, 5.41) is 3.01. The fraction of sp³-hybridized carbons (Fsp3) is 0.238. The lowest BCUT2D eigenvalue weighted by Gasteiger charge is -2.18. The maximum Gasteiger partial charge on any atom is 0.244 e. The van der Waals surface area contributed by atoms with Gasteiger partial charge in [-0.25, -0.2) is 4.98 Å². The first-order valence-electron chi connectivity index (χ1n) is 9.01. The third kappa shape index (κ3) is 3.61. The van der Waals surface area contributed by atoms with Gasteiger partial charge >= 0.3 is 0 Å². The van der Waals surface area contributed by atoms with Gasteiger partial charge in [-0.15, -0.1) is 0 Å². The zero-order chi connectivity index (χ0) is 17.8. The third-order valence-corrected chi connectivity index (χ3v) is 4.66. The molecule has 1 fully saturated rings. The second-order valence-electron chi connectivity index (χ2n) is 6.54. The van der Waals surface area contributed by atoms with Gasteiger partial charge < -0.3 is 14.8 Å². The van der Waals surface area contributed by atoms with Gasteiger partial charge in [0.2, 0.25) is 5.91 Å². The highest BCUT2D eigenvalue weighted by Gasteiger charge is 2.13. The standard InChI is InChI=1S/C21H22N4O/c26-20(16-25-14-11-22-21(25)17-7-2-1-3-8-17)23-18-9-6-10-19(15-18)24-12-4-5-13-24/h1-3,6-11,14-15H,4-5,12-13,16H2,(H,23,26). The largest absolute Gasteiger partial charge is 0.371 e. The summed E-state index contributed by atoms with van der Waals surface area (Å²) >= 11 is 0. The van der Waals surface area contributed by atoms with Crippen molar-refractivity contribution in [2.24, 2.45) is 0 Å². The van der Waals surface area contributed by atoms with Crippen LogP contribution in [0.1, 0.15) is 12.8 Å². The quantitative estimate of drug-likeness (QED) is 0.765. The van der Waals surface area contributed by atoms with Crippen LogP contribution in [-0.4, -0.2) is 28.5 Å². The van der Waals surface area contributed by atoms with Crippen LogP contribution in [0.5, 0.6) is 0 Å². The molecule has 2 heterocycles. The summed E-state index contributed by atoms with van der Waals surface area (Å²) < 4.78 is 1.87. The Balaban J connectivity index is 1.45. The molecule has 0 bridgehead atoms. The number of amides is 1. The number of hydrogen-bond donors (Lipinski definition) is 1. The zero-order valence-corrected chi connectivity index (χ0v) is 14.6. The van der Waals surface area contributed by atoms with E-state index >= 15 is 0 Å². The second-order valence-corrected chi connectivity index (χ2v) is 6.54. The molecular weight excluding hydrogens is 324 g/mol. The Kier molecular flexibility index (Phi) is 4.69. The normalized spacial score (nSPS) is 13.8. The Hall–Kier alpha value is -3.08. The highest BCUT2D eigenvalue weighted by molar-refractivity contribution is 5.91. The molecule has 1 saturated heterocycles. The molecule has 0 radical (unpaired) electrons. The molecule has 1 aliphatic heterocycles. The summed E-state index contributed by atoms with van der Waals surface area (Å²) in [5.41, 5.74) is 3.01. The van der Waals surface area contributed by atoms with Gasteiger partial charge in [0.1, 0.15) is 12.4 Å². The maximum atomic E-state index is 12.5. The minimum atomic E-state index is -0.0567. The average Bonchev–Trinajstić information content (AvgIpc) is 3.34. The van der Waals surface area contributed by atoms with Crippen LogP contribution in [0.2, 0.25) is 0 Å². The molecule has 26 heavy (non-hydrogen) atoms. The molecule has 5 nitrogen and oxygen atoms in total. The van der Waals surface area contributed by atoms with Crippen molar-refractivity contribution in [3.63, 3.8) is 0 Å². The van der Waals surface area contributed by atoms with E-state index in [-0.39, 0.29) is 12.5 Å². The van der Waals surface area contributed by atoms with E-state index in [4.69, 9.17) is 0 Å². The summed E-state index contributed by atoms with van der Waals surface area (Å²) in [6.45, 7) is 2.41. The number of rotatable bonds is 5. The first-order chi connectivity index (χ1) is 12.8. The Morgan fingerprint density at radius 1 is 1.04 bits per heavy atom. The highest BCUT2D eigenvalue weighted by atomic mass is 16.1. The second kappa shape index (κ2) is 7.44. The number of hydrogen-bond acceptors (Lipinski definition) is 3. The molecule has 0 unspecified atom stereocenters. The van der Waals surface area contributed by atoms with Gasteiger partial charge in [0.15, 0.2) is 0 Å². The molecule has 4 rings (SSSR count). The van der Waals surface area contributed by atoms with Crippen LogP contribution in [0, 0.1) is 0 Å². The van der Waals surface area contributed by atoms with Crippen molar-refractivity contribution in [3.05, 3.63) is 67.0 Å². The van der Waals surface area contributed by atoms with Crippen molar-refractivity contribution in [3.8, 4) is 11.4 Å². The molecule has 132 valence electrons. The van der Waals surface area contributed by atoms with Crippen molar-refractivity contribution in [1.29, 1.82) is 0 Å². The van der Waals surface area contributed by atoms with Crippen molar-refractivity contribution in [2.45, 2.75) is 19.4 Å². The van der Waals surface area contributed by atoms with E-state index < -0.39 is 0 Å². The van der Waals surface area contributed by atoms with Crippen LogP contribution in [-0.2, 0) is 11.3 Å². The number of imidazole rings is 1. The lowest BCUT2D eigenvalue weighted by molar-refractivity contribution is -0.116. The van der Waals surface area contributed by atoms with Gasteiger partial charge in [-0.2, -0.15) is 0 Å². The maximum absolute atomic E-state index is 12.5. The number of aromatic nitrogens is 2. The molecule has 0 spiro atoms. The Morgan fingerprint density at radius 2 is 1.85 bits per heavy atom. The molecule has 1 aromatic heterocycles. The Bertz CT molecular complexity index is 882. The van der Waals surface area contributed by atoms with Gasteiger partial charge in [-0.1, -0.05) is 36.4 Å². The summed E-state index contributed by atoms with van der Waals surface area (Å²) in [4.78, 5) is 19.3. The number of nitrogens with one attached hydrogen (secondary N) is 1. The predicted octanol–water partition coefficient (Wildman–Crippen LogP) is 3.79. The lowest BCUT2D eigenvalue weighted by Crippen LogP contribution is -2.20. The smallest absolute Gasteiger partial charge is 0.244 e. The van der Waals surface area contributed by atoms with Crippen LogP contribution in [0.3, 0.4) is 0 Å². The van der Waals surface area contributed by atoms with E-state index in [1.54, 1.807) is 6.20 Å². The van der Waals surface area contributed by atoms with E-state index in [0.29, 0.717) is 0 Å². The van der Waals surface area contributed by atoms with Crippen LogP contribution in [0.15, 0.2) is 67.0 Å². The van der Waals surface area contributed by atoms with Crippen molar-refractivity contribution in [1.82, 2.24) is 9.55 Å². The van der Waals surface area contributed by atoms with Gasteiger partial charge in [0.25, 0.3) is 0 Å². The predicted molar refractivity (Wildman–Crippen MR) is 104 cm³/mol. The minimum Gasteiger partial charge on any atom is -0.371 e. The zero-order valence-electron chi connectivity index (χ0n) is 14.6. The number of nitrogens with zero attached hydrogens (tertiary/aromatic N) is 3. The summed E-state index contributed by atoms with van der Waals surface area (Å²) in [6.07, 6.45) is 6.03. The first-order valence-corrected chi connectivity index (χ1v) is 9.01. The lowest BCUT2D eigenvalue weighted by atomic mass is 10.2. The van der Waals surface area contributed by atoms with Crippen molar-refractivity contribution >= 4 is 17.3 Å². The minimum absolute atomic E-state index is 0.0567. The summed E-state index contributed by atoms with van der Waals surface area (Å²) in [6, 6.07) is 18.0. The van der Waals surface area contributed by atoms with E-state index in [0.717, 1.165) is 30.2 Å². The molecule has 0 aliphatic carbocycles. The van der Waals surface area contributed by atoms with E-state index in [2.05, 4.69) is 27.3 Å². The van der Waals surface area contributed by atoms with Crippen LogP contribution < -0.4 is 10.2 Å². The average molecular weight is 346 g/mol. The topological polar surface area (TPSA) is 50.2 Å². The van der Waals surface area contributed by atoms with Gasteiger partial charge in [0.05, 0.1) is 0 Å². The number of carbonyl (C=O) groups is 1. The summed E-state index contributed by atoms with van der Waals surface area (Å²) in [7, 11) is 0. The summed E-state index contributed by atoms with van der Waals surface area (Å²) in [5.74, 6) is 0.741. The SMILES string of the molecule is O=C(Cn1ccnc1-c1ccccc1)Nc1cccc(N2CCCC2)c1. The van der Waals surface area contributed by atoms with Gasteiger partial charge in [-0.05, 0) is 31.0 Å². The van der Waals surface area contributed by atoms with E-state index in [1.807, 2.05) is 53.2 Å². The van der Waals surface area contributed by atoms with Crippen molar-refractivity contribution in [2.75, 3.05) is 23.3 Å².